The van der Waals surface area contributed by atoms with Gasteiger partial charge in [-0.25, -0.2) is 0 Å². The lowest BCUT2D eigenvalue weighted by atomic mass is 9.95. The van der Waals surface area contributed by atoms with Gasteiger partial charge in [0.25, 0.3) is 0 Å². The Morgan fingerprint density at radius 1 is 1.43 bits per heavy atom. The highest BCUT2D eigenvalue weighted by molar-refractivity contribution is 5.80. The smallest absolute Gasteiger partial charge is 0.325 e. The van der Waals surface area contributed by atoms with Crippen molar-refractivity contribution in [3.05, 3.63) is 0 Å². The molecule has 1 saturated heterocycles. The lowest BCUT2D eigenvalue weighted by Gasteiger charge is -2.38. The molecule has 2 atom stereocenters. The molecular formula is C16H33N3O2. The van der Waals surface area contributed by atoms with E-state index in [-0.39, 0.29) is 5.97 Å². The van der Waals surface area contributed by atoms with Crippen LogP contribution in [0.2, 0.25) is 0 Å². The van der Waals surface area contributed by atoms with E-state index in [0.717, 1.165) is 52.0 Å². The SMILES string of the molecule is CCCNC(C)(CCCN1CCN(C)C(C)C1)C(=O)OC. The van der Waals surface area contributed by atoms with Crippen molar-refractivity contribution in [2.24, 2.45) is 0 Å². The summed E-state index contributed by atoms with van der Waals surface area (Å²) in [5.74, 6) is -0.150. The zero-order valence-corrected chi connectivity index (χ0v) is 14.4. The number of carbonyl (C=O) groups is 1. The van der Waals surface area contributed by atoms with E-state index in [4.69, 9.17) is 4.74 Å². The summed E-state index contributed by atoms with van der Waals surface area (Å²) in [5, 5.41) is 3.35. The lowest BCUT2D eigenvalue weighted by molar-refractivity contribution is -0.148. The van der Waals surface area contributed by atoms with Crippen LogP contribution < -0.4 is 5.32 Å². The van der Waals surface area contributed by atoms with Crippen LogP contribution in [0.4, 0.5) is 0 Å². The molecule has 1 rings (SSSR count). The maximum atomic E-state index is 12.0. The highest BCUT2D eigenvalue weighted by atomic mass is 16.5. The Kier molecular flexibility index (Phi) is 7.63. The monoisotopic (exact) mass is 299 g/mol. The first-order valence-corrected chi connectivity index (χ1v) is 8.19. The Labute approximate surface area is 130 Å². The molecule has 1 aliphatic heterocycles. The number of likely N-dealkylation sites (N-methyl/N-ethyl adjacent to an activating group) is 1. The topological polar surface area (TPSA) is 44.8 Å². The maximum Gasteiger partial charge on any atom is 0.325 e. The van der Waals surface area contributed by atoms with Crippen LogP contribution in [0.1, 0.15) is 40.0 Å². The molecule has 0 bridgehead atoms. The number of esters is 1. The van der Waals surface area contributed by atoms with Crippen molar-refractivity contribution in [2.45, 2.75) is 51.6 Å². The van der Waals surface area contributed by atoms with Crippen molar-refractivity contribution in [1.82, 2.24) is 15.1 Å². The van der Waals surface area contributed by atoms with Gasteiger partial charge in [-0.15, -0.1) is 0 Å². The second-order valence-corrected chi connectivity index (χ2v) is 6.48. The first kappa shape index (κ1) is 18.4. The average molecular weight is 299 g/mol. The summed E-state index contributed by atoms with van der Waals surface area (Å²) in [5.41, 5.74) is -0.553. The van der Waals surface area contributed by atoms with Crippen molar-refractivity contribution in [3.8, 4) is 0 Å². The number of hydrogen-bond donors (Lipinski definition) is 1. The number of carbonyl (C=O) groups excluding carboxylic acids is 1. The number of nitrogens with zero attached hydrogens (tertiary/aromatic N) is 2. The molecule has 0 aromatic rings. The van der Waals surface area contributed by atoms with Crippen LogP contribution in [-0.2, 0) is 9.53 Å². The fourth-order valence-electron chi connectivity index (χ4n) is 2.87. The van der Waals surface area contributed by atoms with Gasteiger partial charge in [0, 0.05) is 25.7 Å². The summed E-state index contributed by atoms with van der Waals surface area (Å²) >= 11 is 0. The molecule has 0 aromatic heterocycles. The fourth-order valence-corrected chi connectivity index (χ4v) is 2.87. The molecule has 1 N–H and O–H groups in total. The Morgan fingerprint density at radius 2 is 2.14 bits per heavy atom. The summed E-state index contributed by atoms with van der Waals surface area (Å²) in [6.07, 6.45) is 2.85. The third kappa shape index (κ3) is 5.57. The molecular weight excluding hydrogens is 266 g/mol. The molecule has 5 nitrogen and oxygen atoms in total. The number of piperazine rings is 1. The molecule has 0 aliphatic carbocycles. The van der Waals surface area contributed by atoms with E-state index in [9.17, 15) is 4.79 Å². The van der Waals surface area contributed by atoms with Crippen LogP contribution >= 0.6 is 0 Å². The van der Waals surface area contributed by atoms with E-state index >= 15 is 0 Å². The highest BCUT2D eigenvalue weighted by Crippen LogP contribution is 2.16. The maximum absolute atomic E-state index is 12.0. The number of ether oxygens (including phenoxy) is 1. The van der Waals surface area contributed by atoms with Crippen LogP contribution in [0, 0.1) is 0 Å². The van der Waals surface area contributed by atoms with Crippen LogP contribution in [0.5, 0.6) is 0 Å². The normalized spacial score (nSPS) is 23.8. The van der Waals surface area contributed by atoms with Gasteiger partial charge in [0.15, 0.2) is 0 Å². The van der Waals surface area contributed by atoms with Gasteiger partial charge in [0.05, 0.1) is 7.11 Å². The quantitative estimate of drug-likeness (QED) is 0.685. The van der Waals surface area contributed by atoms with Crippen molar-refractivity contribution in [1.29, 1.82) is 0 Å². The Bertz CT molecular complexity index is 325. The molecule has 1 heterocycles. The molecule has 1 aliphatic rings. The first-order valence-electron chi connectivity index (χ1n) is 8.19. The zero-order chi connectivity index (χ0) is 15.9. The summed E-state index contributed by atoms with van der Waals surface area (Å²) in [7, 11) is 3.65. The summed E-state index contributed by atoms with van der Waals surface area (Å²) < 4.78 is 4.96. The summed E-state index contributed by atoms with van der Waals surface area (Å²) in [4.78, 5) is 16.9. The minimum Gasteiger partial charge on any atom is -0.468 e. The van der Waals surface area contributed by atoms with Crippen molar-refractivity contribution < 1.29 is 9.53 Å². The van der Waals surface area contributed by atoms with Gasteiger partial charge in [-0.1, -0.05) is 6.92 Å². The standard InChI is InChI=1S/C16H33N3O2/c1-6-9-17-16(3,15(20)21-5)8-7-10-19-12-11-18(4)14(2)13-19/h14,17H,6-13H2,1-5H3. The van der Waals surface area contributed by atoms with Crippen molar-refractivity contribution in [2.75, 3.05) is 46.9 Å². The third-order valence-electron chi connectivity index (χ3n) is 4.60. The number of hydrogen-bond acceptors (Lipinski definition) is 5. The Hall–Kier alpha value is -0.650. The molecule has 0 radical (unpaired) electrons. The van der Waals surface area contributed by atoms with E-state index in [1.165, 1.54) is 7.11 Å². The minimum absolute atomic E-state index is 0.150. The lowest BCUT2D eigenvalue weighted by Crippen LogP contribution is -2.52. The van der Waals surface area contributed by atoms with Gasteiger partial charge < -0.3 is 19.9 Å². The van der Waals surface area contributed by atoms with Gasteiger partial charge in [-0.3, -0.25) is 4.79 Å². The van der Waals surface area contributed by atoms with Crippen LogP contribution in [-0.4, -0.2) is 74.2 Å². The second kappa shape index (κ2) is 8.71. The van der Waals surface area contributed by atoms with Gasteiger partial charge in [0.1, 0.15) is 5.54 Å². The fraction of sp³-hybridized carbons (Fsp3) is 0.938. The molecule has 21 heavy (non-hydrogen) atoms. The summed E-state index contributed by atoms with van der Waals surface area (Å²) in [6, 6.07) is 0.615. The van der Waals surface area contributed by atoms with Gasteiger partial charge in [-0.05, 0) is 53.2 Å². The van der Waals surface area contributed by atoms with E-state index in [1.807, 2.05) is 6.92 Å². The molecule has 1 fully saturated rings. The molecule has 2 unspecified atom stereocenters. The van der Waals surface area contributed by atoms with Crippen molar-refractivity contribution >= 4 is 5.97 Å². The Morgan fingerprint density at radius 3 is 2.71 bits per heavy atom. The van der Waals surface area contributed by atoms with Crippen LogP contribution in [0.25, 0.3) is 0 Å². The molecule has 0 amide bonds. The molecule has 0 saturated carbocycles. The van der Waals surface area contributed by atoms with Crippen LogP contribution in [0.15, 0.2) is 0 Å². The van der Waals surface area contributed by atoms with E-state index < -0.39 is 5.54 Å². The highest BCUT2D eigenvalue weighted by Gasteiger charge is 2.33. The number of methoxy groups -OCH3 is 1. The van der Waals surface area contributed by atoms with Gasteiger partial charge in [-0.2, -0.15) is 0 Å². The second-order valence-electron chi connectivity index (χ2n) is 6.48. The van der Waals surface area contributed by atoms with E-state index in [2.05, 4.69) is 36.0 Å². The van der Waals surface area contributed by atoms with Crippen LogP contribution in [0.3, 0.4) is 0 Å². The van der Waals surface area contributed by atoms with E-state index in [1.54, 1.807) is 0 Å². The number of rotatable bonds is 8. The average Bonchev–Trinajstić information content (AvgIpc) is 2.48. The first-order chi connectivity index (χ1) is 9.92. The van der Waals surface area contributed by atoms with Gasteiger partial charge in [0.2, 0.25) is 0 Å². The largest absolute Gasteiger partial charge is 0.468 e. The zero-order valence-electron chi connectivity index (χ0n) is 14.4. The predicted molar refractivity (Wildman–Crippen MR) is 86.5 cm³/mol. The molecule has 0 aromatic carbocycles. The molecule has 124 valence electrons. The van der Waals surface area contributed by atoms with Crippen molar-refractivity contribution in [3.63, 3.8) is 0 Å². The number of nitrogens with one attached hydrogen (secondary N) is 1. The molecule has 5 heteroatoms. The Balaban J connectivity index is 2.41. The molecule has 0 spiro atoms. The third-order valence-corrected chi connectivity index (χ3v) is 4.60. The van der Waals surface area contributed by atoms with E-state index in [0.29, 0.717) is 6.04 Å². The summed E-state index contributed by atoms with van der Waals surface area (Å²) in [6.45, 7) is 11.6. The predicted octanol–water partition coefficient (Wildman–Crippen LogP) is 1.33. The van der Waals surface area contributed by atoms with Gasteiger partial charge >= 0.3 is 5.97 Å². The minimum atomic E-state index is -0.553.